The van der Waals surface area contributed by atoms with Gasteiger partial charge in [0.15, 0.2) is 0 Å². The SMILES string of the molecule is CN(C)c1ccc([C@@H]2c3sc(=O)n(CC(=O)Nc4cccc(C(F)(F)F)c4)c3SC3C4CCC(C4)C32)cc1. The lowest BCUT2D eigenvalue weighted by atomic mass is 9.75. The minimum Gasteiger partial charge on any atom is -0.378 e. The molecule has 1 amide bonds. The van der Waals surface area contributed by atoms with Crippen molar-refractivity contribution in [3.05, 3.63) is 74.2 Å². The molecule has 38 heavy (non-hydrogen) atoms. The summed E-state index contributed by atoms with van der Waals surface area (Å²) in [6.07, 6.45) is -0.866. The Hall–Kier alpha value is -2.72. The maximum Gasteiger partial charge on any atom is 0.416 e. The zero-order valence-electron chi connectivity index (χ0n) is 21.0. The number of aromatic nitrogens is 1. The number of anilines is 2. The highest BCUT2D eigenvalue weighted by Crippen LogP contribution is 2.64. The smallest absolute Gasteiger partial charge is 0.378 e. The maximum atomic E-state index is 13.2. The van der Waals surface area contributed by atoms with Gasteiger partial charge in [0, 0.05) is 41.5 Å². The molecule has 5 nitrogen and oxygen atoms in total. The standard InChI is InChI=1S/C28H28F3N3O2S2/c1-33(2)20-10-8-15(9-11-20)22-23-16-6-7-17(12-16)24(23)37-26-25(22)38-27(36)34(26)14-21(35)32-19-5-3-4-18(13-19)28(29,30)31/h3-5,8-11,13,16-17,22-24H,6-7,12,14H2,1-2H3,(H,32,35)/t16?,17?,22-,23?,24?/m0/s1. The summed E-state index contributed by atoms with van der Waals surface area (Å²) in [6.45, 7) is -0.230. The molecule has 2 aromatic carbocycles. The molecule has 0 spiro atoms. The molecule has 3 aliphatic rings. The maximum absolute atomic E-state index is 13.2. The quantitative estimate of drug-likeness (QED) is 0.400. The summed E-state index contributed by atoms with van der Waals surface area (Å²) in [7, 11) is 4.01. The van der Waals surface area contributed by atoms with Crippen LogP contribution in [0.3, 0.4) is 0 Å². The number of fused-ring (bicyclic) bond motifs is 6. The van der Waals surface area contributed by atoms with Crippen LogP contribution in [0.1, 0.15) is 41.2 Å². The highest BCUT2D eigenvalue weighted by atomic mass is 32.2. The van der Waals surface area contributed by atoms with E-state index in [9.17, 15) is 22.8 Å². The van der Waals surface area contributed by atoms with Crippen LogP contribution in [-0.4, -0.2) is 29.8 Å². The molecule has 0 radical (unpaired) electrons. The van der Waals surface area contributed by atoms with Crippen molar-refractivity contribution in [1.82, 2.24) is 4.57 Å². The number of carbonyl (C=O) groups excluding carboxylic acids is 1. The zero-order valence-corrected chi connectivity index (χ0v) is 22.6. The van der Waals surface area contributed by atoms with Crippen LogP contribution in [0.25, 0.3) is 0 Å². The highest BCUT2D eigenvalue weighted by Gasteiger charge is 2.55. The molecule has 2 bridgehead atoms. The molecule has 6 rings (SSSR count). The van der Waals surface area contributed by atoms with Crippen LogP contribution in [-0.2, 0) is 17.5 Å². The summed E-state index contributed by atoms with van der Waals surface area (Å²) in [5, 5.41) is 3.79. The van der Waals surface area contributed by atoms with E-state index in [1.165, 1.54) is 52.9 Å². The minimum absolute atomic E-state index is 0.0571. The summed E-state index contributed by atoms with van der Waals surface area (Å²) in [6, 6.07) is 13.1. The summed E-state index contributed by atoms with van der Waals surface area (Å²) >= 11 is 2.94. The Labute approximate surface area is 227 Å². The molecule has 1 N–H and O–H groups in total. The number of hydrogen-bond donors (Lipinski definition) is 1. The minimum atomic E-state index is -4.50. The molecule has 5 atom stereocenters. The molecule has 4 unspecified atom stereocenters. The van der Waals surface area contributed by atoms with Crippen molar-refractivity contribution in [3.63, 3.8) is 0 Å². The van der Waals surface area contributed by atoms with E-state index < -0.39 is 17.6 Å². The molecule has 2 saturated carbocycles. The van der Waals surface area contributed by atoms with E-state index in [4.69, 9.17) is 0 Å². The van der Waals surface area contributed by atoms with Gasteiger partial charge in [-0.25, -0.2) is 0 Å². The van der Waals surface area contributed by atoms with Crippen molar-refractivity contribution in [2.45, 2.75) is 48.2 Å². The van der Waals surface area contributed by atoms with Gasteiger partial charge in [-0.15, -0.1) is 11.8 Å². The Kier molecular flexibility index (Phi) is 6.38. The lowest BCUT2D eigenvalue weighted by Crippen LogP contribution is -2.34. The van der Waals surface area contributed by atoms with E-state index in [-0.39, 0.29) is 23.0 Å². The van der Waals surface area contributed by atoms with E-state index in [2.05, 4.69) is 34.5 Å². The second-order valence-corrected chi connectivity index (χ2v) is 12.9. The van der Waals surface area contributed by atoms with Crippen LogP contribution < -0.4 is 15.1 Å². The largest absolute Gasteiger partial charge is 0.416 e. The first-order chi connectivity index (χ1) is 18.1. The third kappa shape index (κ3) is 4.45. The number of hydrogen-bond acceptors (Lipinski definition) is 5. The number of halogens is 3. The van der Waals surface area contributed by atoms with E-state index in [1.54, 1.807) is 11.8 Å². The summed E-state index contributed by atoms with van der Waals surface area (Å²) in [5.41, 5.74) is 1.53. The van der Waals surface area contributed by atoms with E-state index in [0.717, 1.165) is 27.7 Å². The number of carbonyl (C=O) groups is 1. The van der Waals surface area contributed by atoms with Gasteiger partial charge < -0.3 is 10.2 Å². The predicted molar refractivity (Wildman–Crippen MR) is 145 cm³/mol. The number of thioether (sulfide) groups is 1. The molecule has 2 heterocycles. The average Bonchev–Trinajstić information content (AvgIpc) is 3.57. The van der Waals surface area contributed by atoms with Crippen LogP contribution in [0.5, 0.6) is 0 Å². The fourth-order valence-electron chi connectivity index (χ4n) is 6.56. The lowest BCUT2D eigenvalue weighted by Gasteiger charge is -2.40. The van der Waals surface area contributed by atoms with Crippen LogP contribution >= 0.6 is 23.1 Å². The van der Waals surface area contributed by atoms with Gasteiger partial charge in [0.05, 0.1) is 10.6 Å². The van der Waals surface area contributed by atoms with Crippen molar-refractivity contribution in [2.24, 2.45) is 17.8 Å². The normalized spacial score (nSPS) is 25.7. The Balaban J connectivity index is 1.32. The van der Waals surface area contributed by atoms with Gasteiger partial charge in [-0.3, -0.25) is 14.2 Å². The van der Waals surface area contributed by atoms with Gasteiger partial charge in [-0.05, 0) is 72.9 Å². The molecular weight excluding hydrogens is 531 g/mol. The number of nitrogens with zero attached hydrogens (tertiary/aromatic N) is 2. The molecular formula is C28H28F3N3O2S2. The van der Waals surface area contributed by atoms with Crippen molar-refractivity contribution in [1.29, 1.82) is 0 Å². The Bertz CT molecular complexity index is 1430. The van der Waals surface area contributed by atoms with Gasteiger partial charge in [0.2, 0.25) is 5.91 Å². The molecule has 2 aliphatic carbocycles. The number of amides is 1. The average molecular weight is 560 g/mol. The van der Waals surface area contributed by atoms with Gasteiger partial charge in [0.1, 0.15) is 6.54 Å². The second kappa shape index (κ2) is 9.48. The van der Waals surface area contributed by atoms with Crippen LogP contribution in [0.2, 0.25) is 0 Å². The Morgan fingerprint density at radius 3 is 2.55 bits per heavy atom. The number of rotatable bonds is 5. The van der Waals surface area contributed by atoms with E-state index in [0.29, 0.717) is 23.0 Å². The zero-order chi connectivity index (χ0) is 26.8. The number of benzene rings is 2. The topological polar surface area (TPSA) is 54.3 Å². The lowest BCUT2D eigenvalue weighted by molar-refractivity contribution is -0.137. The van der Waals surface area contributed by atoms with Gasteiger partial charge >= 0.3 is 11.0 Å². The van der Waals surface area contributed by atoms with Crippen LogP contribution in [0.15, 0.2) is 58.4 Å². The molecule has 1 aliphatic heterocycles. The van der Waals surface area contributed by atoms with Crippen molar-refractivity contribution >= 4 is 40.4 Å². The first kappa shape index (κ1) is 25.6. The molecule has 0 saturated heterocycles. The Morgan fingerprint density at radius 2 is 1.84 bits per heavy atom. The van der Waals surface area contributed by atoms with Crippen LogP contribution in [0, 0.1) is 17.8 Å². The molecule has 3 aromatic rings. The number of alkyl halides is 3. The van der Waals surface area contributed by atoms with E-state index >= 15 is 0 Å². The molecule has 1 aromatic heterocycles. The molecule has 10 heteroatoms. The predicted octanol–water partition coefficient (Wildman–Crippen LogP) is 6.29. The first-order valence-electron chi connectivity index (χ1n) is 12.7. The fourth-order valence-corrected chi connectivity index (χ4v) is 9.71. The number of nitrogens with one attached hydrogen (secondary N) is 1. The van der Waals surface area contributed by atoms with Gasteiger partial charge in [0.25, 0.3) is 0 Å². The first-order valence-corrected chi connectivity index (χ1v) is 14.4. The third-order valence-electron chi connectivity index (χ3n) is 8.23. The fraction of sp³-hybridized carbons (Fsp3) is 0.429. The second-order valence-electron chi connectivity index (χ2n) is 10.7. The molecule has 200 valence electrons. The summed E-state index contributed by atoms with van der Waals surface area (Å²) in [5.74, 6) is 1.29. The van der Waals surface area contributed by atoms with Crippen molar-refractivity contribution in [3.8, 4) is 0 Å². The number of thiazole rings is 1. The van der Waals surface area contributed by atoms with Gasteiger partial charge in [-0.2, -0.15) is 13.2 Å². The Morgan fingerprint density at radius 1 is 1.11 bits per heavy atom. The van der Waals surface area contributed by atoms with E-state index in [1.807, 2.05) is 14.1 Å². The van der Waals surface area contributed by atoms with Crippen LogP contribution in [0.4, 0.5) is 24.5 Å². The summed E-state index contributed by atoms with van der Waals surface area (Å²) in [4.78, 5) is 29.0. The van der Waals surface area contributed by atoms with Crippen molar-refractivity contribution < 1.29 is 18.0 Å². The third-order valence-corrected chi connectivity index (χ3v) is 11.1. The molecule has 2 fully saturated rings. The highest BCUT2D eigenvalue weighted by molar-refractivity contribution is 8.00. The monoisotopic (exact) mass is 559 g/mol. The summed E-state index contributed by atoms with van der Waals surface area (Å²) < 4.78 is 40.8. The van der Waals surface area contributed by atoms with Crippen molar-refractivity contribution in [2.75, 3.05) is 24.3 Å². The van der Waals surface area contributed by atoms with Gasteiger partial charge in [-0.1, -0.05) is 29.5 Å².